The number of ether oxygens (including phenoxy) is 6. The molecular formula is C38H70N6O12S6. The van der Waals surface area contributed by atoms with Crippen LogP contribution >= 0.6 is 70.6 Å². The van der Waals surface area contributed by atoms with Gasteiger partial charge in [-0.1, -0.05) is 6.42 Å². The van der Waals surface area contributed by atoms with Gasteiger partial charge in [0.15, 0.2) is 6.23 Å². The minimum Gasteiger partial charge on any atom is -0.468 e. The van der Waals surface area contributed by atoms with Crippen LogP contribution in [0.1, 0.15) is 58.3 Å². The Morgan fingerprint density at radius 2 is 0.774 bits per heavy atom. The first-order valence-corrected chi connectivity index (χ1v) is 26.5. The molecule has 62 heavy (non-hydrogen) atoms. The number of rotatable bonds is 24. The molecule has 18 nitrogen and oxygen atoms in total. The van der Waals surface area contributed by atoms with Crippen molar-refractivity contribution >= 4 is 106 Å². The van der Waals surface area contributed by atoms with Gasteiger partial charge >= 0.3 is 35.8 Å². The van der Waals surface area contributed by atoms with Gasteiger partial charge in [-0.25, -0.2) is 0 Å². The van der Waals surface area contributed by atoms with E-state index in [2.05, 4.69) is 0 Å². The lowest BCUT2D eigenvalue weighted by atomic mass is 9.99. The highest BCUT2D eigenvalue weighted by Gasteiger charge is 2.36. The molecule has 0 aromatic carbocycles. The third kappa shape index (κ3) is 23.7. The van der Waals surface area contributed by atoms with Gasteiger partial charge in [0.1, 0.15) is 30.2 Å². The lowest BCUT2D eigenvalue weighted by molar-refractivity contribution is -0.145. The van der Waals surface area contributed by atoms with E-state index in [9.17, 15) is 28.8 Å². The molecule has 0 bridgehead atoms. The predicted octanol–water partition coefficient (Wildman–Crippen LogP) is 1.08. The predicted molar refractivity (Wildman–Crippen MR) is 254 cm³/mol. The molecule has 1 aliphatic rings. The summed E-state index contributed by atoms with van der Waals surface area (Å²) in [4.78, 5) is 74.1. The molecule has 0 aliphatic heterocycles. The molecule has 0 saturated heterocycles. The smallest absolute Gasteiger partial charge is 0.323 e. The van der Waals surface area contributed by atoms with Crippen molar-refractivity contribution in [2.75, 3.05) is 70.1 Å². The summed E-state index contributed by atoms with van der Waals surface area (Å²) in [5, 5.41) is -0.521. The molecule has 360 valence electrons. The molecule has 1 aliphatic carbocycles. The molecule has 0 radical (unpaired) electrons. The maximum atomic E-state index is 12.6. The van der Waals surface area contributed by atoms with Gasteiger partial charge in [0.05, 0.1) is 35.5 Å². The number of carbonyl (C=O) groups excluding carboxylic acids is 6. The van der Waals surface area contributed by atoms with Crippen LogP contribution in [0.15, 0.2) is 0 Å². The van der Waals surface area contributed by atoms with Gasteiger partial charge in [-0.15, -0.1) is 0 Å². The van der Waals surface area contributed by atoms with Crippen LogP contribution in [-0.2, 0) is 57.2 Å². The Morgan fingerprint density at radius 1 is 0.452 bits per heavy atom. The molecule has 0 heterocycles. The van der Waals surface area contributed by atoms with Crippen LogP contribution in [0.4, 0.5) is 0 Å². The molecule has 12 N–H and O–H groups in total. The number of thioether (sulfide) groups is 6. The highest BCUT2D eigenvalue weighted by molar-refractivity contribution is 8.06. The van der Waals surface area contributed by atoms with Crippen molar-refractivity contribution in [3.8, 4) is 0 Å². The van der Waals surface area contributed by atoms with Crippen LogP contribution in [0.25, 0.3) is 0 Å². The Morgan fingerprint density at radius 3 is 1.16 bits per heavy atom. The van der Waals surface area contributed by atoms with Crippen molar-refractivity contribution in [1.82, 2.24) is 0 Å². The number of hydrogen-bond acceptors (Lipinski definition) is 24. The molecule has 0 aromatic heterocycles. The van der Waals surface area contributed by atoms with Crippen molar-refractivity contribution in [3.63, 3.8) is 0 Å². The number of methoxy groups -OCH3 is 5. The fourth-order valence-electron chi connectivity index (χ4n) is 6.28. The van der Waals surface area contributed by atoms with Gasteiger partial charge in [0, 0.05) is 72.9 Å². The third-order valence-electron chi connectivity index (χ3n) is 9.66. The first-order valence-electron chi connectivity index (χ1n) is 20.2. The van der Waals surface area contributed by atoms with Crippen molar-refractivity contribution in [2.24, 2.45) is 34.4 Å². The quantitative estimate of drug-likeness (QED) is 0.0448. The van der Waals surface area contributed by atoms with Crippen LogP contribution in [0.5, 0.6) is 0 Å². The van der Waals surface area contributed by atoms with E-state index in [1.807, 2.05) is 0 Å². The van der Waals surface area contributed by atoms with E-state index in [4.69, 9.17) is 62.8 Å². The second kappa shape index (κ2) is 33.2. The molecule has 1 saturated carbocycles. The lowest BCUT2D eigenvalue weighted by Gasteiger charge is -2.36. The number of esters is 6. The SMILES string of the molecule is COC(=O)C(N)CSC1CCCC(SCC(N)OC(C)=O)CCC(SCC(N)C(=O)OC)C(SCC(N)C(=O)OC)C(SCC(N)C(=O)OC)CCC(SCC(N)C(=O)OC)C1. The summed E-state index contributed by atoms with van der Waals surface area (Å²) in [6.45, 7) is 1.31. The Hall–Kier alpha value is -1.32. The second-order valence-corrected chi connectivity index (χ2v) is 22.3. The zero-order valence-corrected chi connectivity index (χ0v) is 41.5. The van der Waals surface area contributed by atoms with Crippen LogP contribution in [0, 0.1) is 0 Å². The second-order valence-electron chi connectivity index (χ2n) is 14.5. The van der Waals surface area contributed by atoms with Crippen LogP contribution in [0.3, 0.4) is 0 Å². The standard InChI is InChI=1S/C38H70N6O12S6/c1-21(45)56-32(44)20-59-22-8-7-9-23(57-15-25(39)34(46)51-2)14-24(58-16-26(40)35(47)52-3)11-13-31(61-18-28(42)37(49)54-5)33(62-19-29(43)38(50)55-6)30(12-10-22)60-17-27(41)36(48)53-4/h22-33H,7-20,39-44H2,1-6H3. The fourth-order valence-corrected chi connectivity index (χ4v) is 15.0. The summed E-state index contributed by atoms with van der Waals surface area (Å²) in [7, 11) is 6.42. The van der Waals surface area contributed by atoms with Gasteiger partial charge in [-0.2, -0.15) is 70.6 Å². The Labute approximate surface area is 392 Å². The van der Waals surface area contributed by atoms with E-state index in [1.54, 1.807) is 35.3 Å². The number of carbonyl (C=O) groups is 6. The van der Waals surface area contributed by atoms with E-state index >= 15 is 0 Å². The minimum absolute atomic E-state index is 0.0356. The molecule has 1 rings (SSSR count). The largest absolute Gasteiger partial charge is 0.468 e. The zero-order valence-electron chi connectivity index (χ0n) is 36.6. The maximum Gasteiger partial charge on any atom is 0.323 e. The van der Waals surface area contributed by atoms with E-state index < -0.39 is 72.3 Å². The average Bonchev–Trinajstić information content (AvgIpc) is 3.26. The molecule has 0 spiro atoms. The zero-order chi connectivity index (χ0) is 46.8. The lowest BCUT2D eigenvalue weighted by Crippen LogP contribution is -2.41. The maximum absolute atomic E-state index is 12.6. The first-order chi connectivity index (χ1) is 29.4. The summed E-state index contributed by atoms with van der Waals surface area (Å²) < 4.78 is 29.9. The molecular weight excluding hydrogens is 925 g/mol. The Kier molecular flexibility index (Phi) is 31.4. The molecule has 12 atom stereocenters. The fraction of sp³-hybridized carbons (Fsp3) is 0.842. The minimum atomic E-state index is -0.938. The summed E-state index contributed by atoms with van der Waals surface area (Å²) in [6.07, 6.45) is 4.84. The highest BCUT2D eigenvalue weighted by atomic mass is 32.2. The molecule has 0 amide bonds. The van der Waals surface area contributed by atoms with Crippen molar-refractivity contribution in [1.29, 1.82) is 0 Å². The third-order valence-corrected chi connectivity index (χ3v) is 19.0. The summed E-state index contributed by atoms with van der Waals surface area (Å²) in [5.41, 5.74) is 37.6. The van der Waals surface area contributed by atoms with Crippen molar-refractivity contribution < 1.29 is 57.2 Å². The average molecular weight is 995 g/mol. The Bertz CT molecular complexity index is 1370. The normalized spacial score (nSPS) is 24.4. The van der Waals surface area contributed by atoms with Crippen molar-refractivity contribution in [2.45, 2.75) is 126 Å². The highest BCUT2D eigenvalue weighted by Crippen LogP contribution is 2.42. The summed E-state index contributed by atoms with van der Waals surface area (Å²) >= 11 is 9.34. The van der Waals surface area contributed by atoms with E-state index in [1.165, 1.54) is 77.8 Å². The summed E-state index contributed by atoms with van der Waals surface area (Å²) in [6, 6.07) is -4.45. The molecule has 1 fully saturated rings. The van der Waals surface area contributed by atoms with Gasteiger partial charge in [0.2, 0.25) is 0 Å². The van der Waals surface area contributed by atoms with Crippen molar-refractivity contribution in [3.05, 3.63) is 0 Å². The molecule has 24 heteroatoms. The van der Waals surface area contributed by atoms with E-state index in [-0.39, 0.29) is 48.8 Å². The Balaban J connectivity index is 3.92. The number of hydrogen-bond donors (Lipinski definition) is 6. The van der Waals surface area contributed by atoms with E-state index in [0.717, 1.165) is 19.3 Å². The van der Waals surface area contributed by atoms with Gasteiger partial charge in [0.25, 0.3) is 0 Å². The van der Waals surface area contributed by atoms with Gasteiger partial charge in [-0.3, -0.25) is 34.5 Å². The number of nitrogens with two attached hydrogens (primary N) is 6. The van der Waals surface area contributed by atoms with Crippen LogP contribution in [0.2, 0.25) is 0 Å². The molecule has 0 aromatic rings. The van der Waals surface area contributed by atoms with Crippen LogP contribution < -0.4 is 34.4 Å². The summed E-state index contributed by atoms with van der Waals surface area (Å²) in [5.74, 6) is -1.55. The van der Waals surface area contributed by atoms with Gasteiger partial charge in [-0.05, 0) is 44.9 Å². The van der Waals surface area contributed by atoms with E-state index in [0.29, 0.717) is 49.4 Å². The van der Waals surface area contributed by atoms with Crippen LogP contribution in [-0.4, -0.2) is 174 Å². The molecule has 12 unspecified atom stereocenters. The topological polar surface area (TPSA) is 314 Å². The van der Waals surface area contributed by atoms with Gasteiger partial charge < -0.3 is 57.1 Å². The monoisotopic (exact) mass is 994 g/mol. The first kappa shape index (κ1) is 58.7.